The van der Waals surface area contributed by atoms with Gasteiger partial charge in [0.05, 0.1) is 32.5 Å². The minimum atomic E-state index is -0.435. The molecule has 0 aliphatic heterocycles. The Balaban J connectivity index is 2.02. The van der Waals surface area contributed by atoms with Gasteiger partial charge in [-0.2, -0.15) is 0 Å². The van der Waals surface area contributed by atoms with Gasteiger partial charge >= 0.3 is 0 Å². The van der Waals surface area contributed by atoms with Crippen LogP contribution in [0.3, 0.4) is 0 Å². The van der Waals surface area contributed by atoms with E-state index in [9.17, 15) is 9.59 Å². The molecule has 0 aliphatic rings. The molecule has 1 aromatic heterocycles. The van der Waals surface area contributed by atoms with E-state index < -0.39 is 5.91 Å². The Labute approximate surface area is 154 Å². The second-order valence-corrected chi connectivity index (χ2v) is 6.11. The van der Waals surface area contributed by atoms with E-state index in [4.69, 9.17) is 23.2 Å². The molecule has 3 aromatic rings. The molecule has 2 N–H and O–H groups in total. The van der Waals surface area contributed by atoms with E-state index in [0.29, 0.717) is 22.3 Å². The summed E-state index contributed by atoms with van der Waals surface area (Å²) < 4.78 is 0. The topological polar surface area (TPSA) is 71.1 Å². The van der Waals surface area contributed by atoms with Crippen LogP contribution in [0.2, 0.25) is 10.0 Å². The number of halogens is 2. The van der Waals surface area contributed by atoms with Gasteiger partial charge in [-0.15, -0.1) is 0 Å². The van der Waals surface area contributed by atoms with E-state index in [1.165, 1.54) is 6.92 Å². The van der Waals surface area contributed by atoms with Crippen LogP contribution in [0.4, 0.5) is 11.4 Å². The number of hydrogen-bond donors (Lipinski definition) is 2. The average molecular weight is 374 g/mol. The van der Waals surface area contributed by atoms with Gasteiger partial charge in [-0.25, -0.2) is 0 Å². The fourth-order valence-corrected chi connectivity index (χ4v) is 3.04. The minimum Gasteiger partial charge on any atom is -0.326 e. The number of carbonyl (C=O) groups excluding carboxylic acids is 2. The molecule has 1 heterocycles. The molecule has 0 aliphatic carbocycles. The van der Waals surface area contributed by atoms with Gasteiger partial charge in [0.2, 0.25) is 5.91 Å². The maximum absolute atomic E-state index is 12.6. The molecule has 25 heavy (non-hydrogen) atoms. The molecule has 7 heteroatoms. The number of amides is 2. The van der Waals surface area contributed by atoms with Crippen LogP contribution in [0.1, 0.15) is 17.3 Å². The van der Waals surface area contributed by atoms with Crippen molar-refractivity contribution in [3.8, 4) is 0 Å². The number of fused-ring (bicyclic) bond motifs is 1. The predicted octanol–water partition coefficient (Wildman–Crippen LogP) is 4.75. The molecule has 3 rings (SSSR count). The van der Waals surface area contributed by atoms with Crippen molar-refractivity contribution in [1.82, 2.24) is 4.98 Å². The number of nitrogens with zero attached hydrogens (tertiary/aromatic N) is 1. The first-order valence-electron chi connectivity index (χ1n) is 7.38. The summed E-state index contributed by atoms with van der Waals surface area (Å²) in [6, 6.07) is 11.8. The minimum absolute atomic E-state index is 0.190. The van der Waals surface area contributed by atoms with Crippen LogP contribution in [0.25, 0.3) is 10.9 Å². The summed E-state index contributed by atoms with van der Waals surface area (Å²) in [6.07, 6.45) is 1.56. The molecular formula is C18H13Cl2N3O2. The van der Waals surface area contributed by atoms with Gasteiger partial charge in [0.15, 0.2) is 0 Å². The molecule has 0 saturated carbocycles. The highest BCUT2D eigenvalue weighted by Gasteiger charge is 2.16. The fraction of sp³-hybridized carbons (Fsp3) is 0.0556. The first kappa shape index (κ1) is 17.2. The van der Waals surface area contributed by atoms with Gasteiger partial charge in [-0.05, 0) is 24.3 Å². The lowest BCUT2D eigenvalue weighted by molar-refractivity contribution is -0.114. The lowest BCUT2D eigenvalue weighted by Crippen LogP contribution is -2.14. The molecule has 2 aromatic carbocycles. The van der Waals surface area contributed by atoms with Crippen molar-refractivity contribution in [2.75, 3.05) is 10.6 Å². The standard InChI is InChI=1S/C18H13Cl2N3O2/c1-10(24)22-14-8-9-21-17-11(14)4-2-7-15(17)23-18(25)16-12(19)5-3-6-13(16)20/h2-9H,1H3,(H,23,25)(H,21,22,24). The van der Waals surface area contributed by atoms with Crippen LogP contribution in [-0.2, 0) is 4.79 Å². The Morgan fingerprint density at radius 1 is 0.920 bits per heavy atom. The Morgan fingerprint density at radius 2 is 1.60 bits per heavy atom. The molecular weight excluding hydrogens is 361 g/mol. The van der Waals surface area contributed by atoms with Gasteiger partial charge in [-0.3, -0.25) is 14.6 Å². The van der Waals surface area contributed by atoms with Crippen LogP contribution in [-0.4, -0.2) is 16.8 Å². The number of carbonyl (C=O) groups is 2. The van der Waals surface area contributed by atoms with Crippen LogP contribution in [0, 0.1) is 0 Å². The zero-order chi connectivity index (χ0) is 18.0. The molecule has 0 spiro atoms. The zero-order valence-corrected chi connectivity index (χ0v) is 14.7. The van der Waals surface area contributed by atoms with Gasteiger partial charge in [0.1, 0.15) is 0 Å². The summed E-state index contributed by atoms with van der Waals surface area (Å²) in [5, 5.41) is 6.76. The summed E-state index contributed by atoms with van der Waals surface area (Å²) in [6.45, 7) is 1.43. The Morgan fingerprint density at radius 3 is 2.28 bits per heavy atom. The van der Waals surface area contributed by atoms with E-state index >= 15 is 0 Å². The molecule has 0 bridgehead atoms. The Bertz CT molecular complexity index is 969. The van der Waals surface area contributed by atoms with Crippen LogP contribution < -0.4 is 10.6 Å². The lowest BCUT2D eigenvalue weighted by atomic mass is 10.1. The van der Waals surface area contributed by atoms with Crippen molar-refractivity contribution >= 4 is 57.3 Å². The Kier molecular flexibility index (Phi) is 4.88. The third-order valence-electron chi connectivity index (χ3n) is 3.52. The zero-order valence-electron chi connectivity index (χ0n) is 13.1. The first-order chi connectivity index (χ1) is 12.0. The number of nitrogens with one attached hydrogen (secondary N) is 2. The largest absolute Gasteiger partial charge is 0.326 e. The number of pyridine rings is 1. The molecule has 5 nitrogen and oxygen atoms in total. The second kappa shape index (κ2) is 7.09. The fourth-order valence-electron chi connectivity index (χ4n) is 2.48. The second-order valence-electron chi connectivity index (χ2n) is 5.29. The highest BCUT2D eigenvalue weighted by Crippen LogP contribution is 2.29. The first-order valence-corrected chi connectivity index (χ1v) is 8.13. The van der Waals surface area contributed by atoms with E-state index in [2.05, 4.69) is 15.6 Å². The van der Waals surface area contributed by atoms with E-state index in [0.717, 1.165) is 0 Å². The molecule has 2 amide bonds. The molecule has 126 valence electrons. The van der Waals surface area contributed by atoms with Crippen LogP contribution in [0.15, 0.2) is 48.7 Å². The summed E-state index contributed by atoms with van der Waals surface area (Å²) in [5.41, 5.74) is 1.85. The quantitative estimate of drug-likeness (QED) is 0.695. The number of aromatic nitrogens is 1. The van der Waals surface area contributed by atoms with Crippen molar-refractivity contribution < 1.29 is 9.59 Å². The van der Waals surface area contributed by atoms with Crippen molar-refractivity contribution in [1.29, 1.82) is 0 Å². The van der Waals surface area contributed by atoms with Crippen molar-refractivity contribution in [3.63, 3.8) is 0 Å². The van der Waals surface area contributed by atoms with Crippen molar-refractivity contribution in [3.05, 3.63) is 64.3 Å². The predicted molar refractivity (Wildman–Crippen MR) is 100 cm³/mol. The molecule has 0 radical (unpaired) electrons. The van der Waals surface area contributed by atoms with Crippen LogP contribution in [0.5, 0.6) is 0 Å². The normalized spacial score (nSPS) is 10.5. The number of benzene rings is 2. The van der Waals surface area contributed by atoms with Gasteiger partial charge in [0.25, 0.3) is 5.91 Å². The number of hydrogen-bond acceptors (Lipinski definition) is 3. The third-order valence-corrected chi connectivity index (χ3v) is 4.15. The maximum Gasteiger partial charge on any atom is 0.258 e. The van der Waals surface area contributed by atoms with Crippen molar-refractivity contribution in [2.45, 2.75) is 6.92 Å². The highest BCUT2D eigenvalue weighted by atomic mass is 35.5. The molecule has 0 unspecified atom stereocenters. The van der Waals surface area contributed by atoms with Crippen LogP contribution >= 0.6 is 23.2 Å². The summed E-state index contributed by atoms with van der Waals surface area (Å²) in [5.74, 6) is -0.625. The summed E-state index contributed by atoms with van der Waals surface area (Å²) >= 11 is 12.2. The molecule has 0 saturated heterocycles. The number of para-hydroxylation sites is 1. The molecule has 0 fully saturated rings. The summed E-state index contributed by atoms with van der Waals surface area (Å²) in [7, 11) is 0. The SMILES string of the molecule is CC(=O)Nc1ccnc2c(NC(=O)c3c(Cl)cccc3Cl)cccc12. The average Bonchev–Trinajstić information content (AvgIpc) is 2.55. The van der Waals surface area contributed by atoms with E-state index in [1.54, 1.807) is 42.6 Å². The van der Waals surface area contributed by atoms with Gasteiger partial charge in [0, 0.05) is 18.5 Å². The highest BCUT2D eigenvalue weighted by molar-refractivity contribution is 6.40. The number of rotatable bonds is 3. The molecule has 0 atom stereocenters. The van der Waals surface area contributed by atoms with E-state index in [-0.39, 0.29) is 21.5 Å². The lowest BCUT2D eigenvalue weighted by Gasteiger charge is -2.12. The number of anilines is 2. The third kappa shape index (κ3) is 3.57. The van der Waals surface area contributed by atoms with E-state index in [1.807, 2.05) is 6.07 Å². The van der Waals surface area contributed by atoms with Gasteiger partial charge < -0.3 is 10.6 Å². The summed E-state index contributed by atoms with van der Waals surface area (Å²) in [4.78, 5) is 28.2. The van der Waals surface area contributed by atoms with Gasteiger partial charge in [-0.1, -0.05) is 41.4 Å². The maximum atomic E-state index is 12.6. The monoisotopic (exact) mass is 373 g/mol. The Hall–Kier alpha value is -2.63. The van der Waals surface area contributed by atoms with Crippen molar-refractivity contribution in [2.24, 2.45) is 0 Å². The smallest absolute Gasteiger partial charge is 0.258 e.